The average molecular weight is 449 g/mol. The number of rotatable bonds is 9. The second-order valence-electron chi connectivity index (χ2n) is 8.15. The Labute approximate surface area is 184 Å². The molecule has 2 N–H and O–H groups in total. The zero-order valence-corrected chi connectivity index (χ0v) is 18.9. The van der Waals surface area contributed by atoms with Crippen molar-refractivity contribution in [1.29, 1.82) is 0 Å². The summed E-state index contributed by atoms with van der Waals surface area (Å²) >= 11 is 0. The van der Waals surface area contributed by atoms with Crippen molar-refractivity contribution in [3.63, 3.8) is 0 Å². The van der Waals surface area contributed by atoms with Crippen LogP contribution < -0.4 is 10.6 Å². The van der Waals surface area contributed by atoms with Gasteiger partial charge in [0.1, 0.15) is 6.04 Å². The molecule has 1 fully saturated rings. The molecule has 1 aromatic rings. The van der Waals surface area contributed by atoms with E-state index in [0.717, 1.165) is 42.3 Å². The van der Waals surface area contributed by atoms with Gasteiger partial charge in [0.15, 0.2) is 0 Å². The molecule has 1 aromatic carbocycles. The van der Waals surface area contributed by atoms with Crippen LogP contribution in [0.25, 0.3) is 0 Å². The third-order valence-electron chi connectivity index (χ3n) is 5.70. The van der Waals surface area contributed by atoms with E-state index < -0.39 is 22.0 Å². The molecule has 9 heteroatoms. The van der Waals surface area contributed by atoms with E-state index in [1.807, 2.05) is 6.92 Å². The van der Waals surface area contributed by atoms with Crippen LogP contribution >= 0.6 is 0 Å². The molecule has 0 spiro atoms. The molecule has 2 aliphatic heterocycles. The van der Waals surface area contributed by atoms with Gasteiger partial charge in [-0.3, -0.25) is 13.9 Å². The van der Waals surface area contributed by atoms with Gasteiger partial charge < -0.3 is 15.5 Å². The predicted molar refractivity (Wildman–Crippen MR) is 118 cm³/mol. The van der Waals surface area contributed by atoms with E-state index in [2.05, 4.69) is 15.5 Å². The van der Waals surface area contributed by atoms with Crippen molar-refractivity contribution in [2.45, 2.75) is 56.4 Å². The molecule has 0 aromatic heterocycles. The highest BCUT2D eigenvalue weighted by Gasteiger charge is 2.36. The summed E-state index contributed by atoms with van der Waals surface area (Å²) in [5.41, 5.74) is 0.932. The number of carbonyl (C=O) groups is 2. The number of aryl methyl sites for hydroxylation is 1. The molecule has 2 aliphatic rings. The molecule has 0 radical (unpaired) electrons. The van der Waals surface area contributed by atoms with Gasteiger partial charge >= 0.3 is 0 Å². The van der Waals surface area contributed by atoms with Gasteiger partial charge in [-0.15, -0.1) is 0 Å². The van der Waals surface area contributed by atoms with E-state index in [-0.39, 0.29) is 17.2 Å². The van der Waals surface area contributed by atoms with E-state index in [1.54, 1.807) is 12.1 Å². The number of likely N-dealkylation sites (tertiary alicyclic amines) is 1. The lowest BCUT2D eigenvalue weighted by Crippen LogP contribution is -2.51. The Kier molecular flexibility index (Phi) is 8.09. The minimum absolute atomic E-state index is 0.0839. The number of nitrogens with zero attached hydrogens (tertiary/aromatic N) is 2. The van der Waals surface area contributed by atoms with E-state index in [0.29, 0.717) is 6.54 Å². The minimum atomic E-state index is -3.95. The van der Waals surface area contributed by atoms with Crippen LogP contribution in [0.5, 0.6) is 0 Å². The van der Waals surface area contributed by atoms with Crippen LogP contribution in [0.1, 0.15) is 44.1 Å². The maximum Gasteiger partial charge on any atom is 0.264 e. The monoisotopic (exact) mass is 448 g/mol. The van der Waals surface area contributed by atoms with Crippen LogP contribution in [0.3, 0.4) is 0 Å². The van der Waals surface area contributed by atoms with Gasteiger partial charge in [-0.05, 0) is 64.4 Å². The van der Waals surface area contributed by atoms with Crippen LogP contribution in [-0.2, 0) is 19.6 Å². The van der Waals surface area contributed by atoms with Gasteiger partial charge in [0.25, 0.3) is 10.0 Å². The topological polar surface area (TPSA) is 98.8 Å². The summed E-state index contributed by atoms with van der Waals surface area (Å²) in [4.78, 5) is 27.3. The smallest absolute Gasteiger partial charge is 0.264 e. The lowest BCUT2D eigenvalue weighted by molar-refractivity contribution is -0.129. The van der Waals surface area contributed by atoms with Gasteiger partial charge in [-0.2, -0.15) is 0 Å². The van der Waals surface area contributed by atoms with Crippen molar-refractivity contribution in [3.8, 4) is 0 Å². The van der Waals surface area contributed by atoms with E-state index >= 15 is 0 Å². The van der Waals surface area contributed by atoms with Crippen molar-refractivity contribution in [1.82, 2.24) is 19.8 Å². The maximum absolute atomic E-state index is 13.0. The zero-order chi connectivity index (χ0) is 22.3. The van der Waals surface area contributed by atoms with Gasteiger partial charge in [0, 0.05) is 18.9 Å². The molecular formula is C22H32N4O4S. The van der Waals surface area contributed by atoms with E-state index in [1.165, 1.54) is 43.8 Å². The molecule has 31 heavy (non-hydrogen) atoms. The number of carbonyl (C=O) groups excluding carboxylic acids is 2. The number of hydrogen-bond donors (Lipinski definition) is 2. The molecule has 1 atom stereocenters. The van der Waals surface area contributed by atoms with E-state index in [9.17, 15) is 18.0 Å². The second-order valence-corrected chi connectivity index (χ2v) is 9.99. The van der Waals surface area contributed by atoms with Crippen LogP contribution in [0.2, 0.25) is 0 Å². The molecule has 0 saturated carbocycles. The number of sulfonamides is 1. The molecule has 2 heterocycles. The Morgan fingerprint density at radius 3 is 2.55 bits per heavy atom. The highest BCUT2D eigenvalue weighted by molar-refractivity contribution is 7.89. The number of hydrogen-bond acceptors (Lipinski definition) is 5. The van der Waals surface area contributed by atoms with E-state index in [4.69, 9.17) is 0 Å². The fraction of sp³-hybridized carbons (Fsp3) is 0.545. The van der Waals surface area contributed by atoms with Gasteiger partial charge in [-0.1, -0.05) is 24.1 Å². The van der Waals surface area contributed by atoms with Crippen molar-refractivity contribution >= 4 is 21.8 Å². The Morgan fingerprint density at radius 2 is 1.84 bits per heavy atom. The van der Waals surface area contributed by atoms with Crippen molar-refractivity contribution in [2.75, 3.05) is 26.2 Å². The first-order valence-electron chi connectivity index (χ1n) is 10.9. The average Bonchev–Trinajstić information content (AvgIpc) is 2.76. The second kappa shape index (κ2) is 10.8. The van der Waals surface area contributed by atoms with Crippen LogP contribution in [-0.4, -0.2) is 61.7 Å². The highest BCUT2D eigenvalue weighted by atomic mass is 32.2. The van der Waals surface area contributed by atoms with Gasteiger partial charge in [0.2, 0.25) is 11.8 Å². The third kappa shape index (κ3) is 6.30. The largest absolute Gasteiger partial charge is 0.356 e. The molecule has 0 aliphatic carbocycles. The summed E-state index contributed by atoms with van der Waals surface area (Å²) in [7, 11) is -3.95. The Balaban J connectivity index is 1.53. The number of piperidine rings is 1. The molecule has 8 nitrogen and oxygen atoms in total. The Hall–Kier alpha value is -2.39. The first-order chi connectivity index (χ1) is 14.9. The molecule has 170 valence electrons. The summed E-state index contributed by atoms with van der Waals surface area (Å²) < 4.78 is 27.1. The summed E-state index contributed by atoms with van der Waals surface area (Å²) in [6.07, 6.45) is 8.04. The summed E-state index contributed by atoms with van der Waals surface area (Å²) in [6, 6.07) is 5.29. The molecule has 3 rings (SSSR count). The fourth-order valence-electron chi connectivity index (χ4n) is 3.89. The van der Waals surface area contributed by atoms with Crippen LogP contribution in [0.4, 0.5) is 0 Å². The maximum atomic E-state index is 13.0. The van der Waals surface area contributed by atoms with Crippen molar-refractivity contribution in [3.05, 3.63) is 42.2 Å². The fourth-order valence-corrected chi connectivity index (χ4v) is 5.34. The lowest BCUT2D eigenvalue weighted by Gasteiger charge is -2.31. The number of benzene rings is 1. The molecule has 1 saturated heterocycles. The number of nitrogens with one attached hydrogen (secondary N) is 2. The predicted octanol–water partition coefficient (Wildman–Crippen LogP) is 1.73. The highest BCUT2D eigenvalue weighted by Crippen LogP contribution is 2.22. The van der Waals surface area contributed by atoms with Crippen LogP contribution in [0, 0.1) is 6.92 Å². The minimum Gasteiger partial charge on any atom is -0.356 e. The van der Waals surface area contributed by atoms with Gasteiger partial charge in [-0.25, -0.2) is 8.42 Å². The Bertz CT molecular complexity index is 893. The van der Waals surface area contributed by atoms with Crippen molar-refractivity contribution < 1.29 is 18.0 Å². The molecular weight excluding hydrogens is 416 g/mol. The first-order valence-corrected chi connectivity index (χ1v) is 12.4. The van der Waals surface area contributed by atoms with Crippen LogP contribution in [0.15, 0.2) is 41.6 Å². The standard InChI is InChI=1S/C22H32N4O4S/c1-18-7-9-19(10-8-18)31(29,30)26-16-12-24-22(28)20(26)17-21(27)23-11-3-6-15-25-13-4-2-5-14-25/h7-10,12,16,20H,2-6,11,13-15,17H2,1H3,(H,23,27)(H,24,28)/t20-/m1/s1. The number of amides is 2. The third-order valence-corrected chi connectivity index (χ3v) is 7.50. The number of unbranched alkanes of at least 4 members (excludes halogenated alkanes) is 1. The van der Waals surface area contributed by atoms with Crippen molar-refractivity contribution in [2.24, 2.45) is 0 Å². The molecule has 2 amide bonds. The summed E-state index contributed by atoms with van der Waals surface area (Å²) in [5, 5.41) is 5.33. The lowest BCUT2D eigenvalue weighted by atomic mass is 10.1. The summed E-state index contributed by atoms with van der Waals surface area (Å²) in [5.74, 6) is -0.851. The SMILES string of the molecule is Cc1ccc(S(=O)(=O)N2C=CNC(=O)[C@H]2CC(=O)NCCCCN2CCCCC2)cc1. The first kappa shape index (κ1) is 23.3. The van der Waals surface area contributed by atoms with Gasteiger partial charge in [0.05, 0.1) is 11.3 Å². The molecule has 0 bridgehead atoms. The quantitative estimate of drug-likeness (QED) is 0.561. The Morgan fingerprint density at radius 1 is 1.13 bits per heavy atom. The molecule has 0 unspecified atom stereocenters. The normalized spacial score (nSPS) is 19.8. The zero-order valence-electron chi connectivity index (χ0n) is 18.0. The summed E-state index contributed by atoms with van der Waals surface area (Å²) in [6.45, 7) is 5.73.